The first kappa shape index (κ1) is 6.30. The van der Waals surface area contributed by atoms with E-state index in [2.05, 4.69) is 15.6 Å². The lowest BCUT2D eigenvalue weighted by molar-refractivity contribution is 2.51. The fourth-order valence-electron chi connectivity index (χ4n) is 0.110. The smallest absolute Gasteiger partial charge is 0.0677 e. The van der Waals surface area contributed by atoms with E-state index in [1.54, 1.807) is 0 Å². The molecule has 7 heavy (non-hydrogen) atoms. The topological polar surface area (TPSA) is 0 Å². The summed E-state index contributed by atoms with van der Waals surface area (Å²) in [7, 11) is 3.80. The molecule has 6 atom stereocenters. The van der Waals surface area contributed by atoms with E-state index >= 15 is 0 Å². The van der Waals surface area contributed by atoms with E-state index in [4.69, 9.17) is 2.56 Å². The minimum Gasteiger partial charge on any atom is -0.110 e. The summed E-state index contributed by atoms with van der Waals surface area (Å²) in [5.74, 6) is 0. The van der Waals surface area contributed by atoms with Crippen molar-refractivity contribution in [3.05, 3.63) is 0 Å². The fourth-order valence-corrected chi connectivity index (χ4v) is 17.6. The molecule has 0 fully saturated rings. The summed E-state index contributed by atoms with van der Waals surface area (Å²) in [4.78, 5) is 0. The van der Waals surface area contributed by atoms with Crippen LogP contribution < -0.4 is 0 Å². The molecular weight excluding hydrogens is 198 g/mol. The van der Waals surface area contributed by atoms with Crippen LogP contribution in [0.4, 0.5) is 0 Å². The summed E-state index contributed by atoms with van der Waals surface area (Å²) in [6.07, 6.45) is 0. The van der Waals surface area contributed by atoms with Gasteiger partial charge in [0.2, 0.25) is 0 Å². The first-order valence-electron chi connectivity index (χ1n) is 2.57. The van der Waals surface area contributed by atoms with Gasteiger partial charge in [0.05, 0.1) is 2.56 Å². The summed E-state index contributed by atoms with van der Waals surface area (Å²) in [6.45, 7) is 2.14. The molecule has 0 spiro atoms. The van der Waals surface area contributed by atoms with Crippen LogP contribution in [0.5, 0.6) is 0 Å². The third kappa shape index (κ3) is 8.58. The molecule has 0 radical (unpaired) electrons. The van der Waals surface area contributed by atoms with Crippen LogP contribution in [0.3, 0.4) is 0 Å². The quantitative estimate of drug-likeness (QED) is 0.623. The van der Waals surface area contributed by atoms with Gasteiger partial charge in [0.15, 0.2) is 0 Å². The number of hydrogen-bond donors (Lipinski definition) is 0. The van der Waals surface area contributed by atoms with E-state index in [0.29, 0.717) is 7.96 Å². The first-order valence-corrected chi connectivity index (χ1v) is 12.1. The Morgan fingerprint density at radius 3 is 2.71 bits per heavy atom. The van der Waals surface area contributed by atoms with Crippen molar-refractivity contribution in [2.75, 3.05) is 6.66 Å². The van der Waals surface area contributed by atoms with Crippen molar-refractivity contribution in [3.8, 4) is 0 Å². The molecule has 0 aromatic rings. The van der Waals surface area contributed by atoms with Gasteiger partial charge in [-0.25, -0.2) is 0 Å². The molecule has 0 N–H and O–H groups in total. The molecule has 0 aliphatic heterocycles. The van der Waals surface area contributed by atoms with Gasteiger partial charge in [-0.3, -0.25) is 0 Å². The summed E-state index contributed by atoms with van der Waals surface area (Å²) >= 11 is 0. The van der Waals surface area contributed by atoms with Gasteiger partial charge in [0.25, 0.3) is 0 Å². The summed E-state index contributed by atoms with van der Waals surface area (Å²) in [5, 5.41) is 0. The SMILES string of the molecule is [2H]P(P)PP([2H])PPC. The average molecular weight is 210 g/mol. The van der Waals surface area contributed by atoms with E-state index in [0.717, 1.165) is 16.2 Å². The average Bonchev–Trinajstić information content (AvgIpc) is 1.63. The second-order valence-corrected chi connectivity index (χ2v) is 14.5. The fraction of sp³-hybridized carbons (Fsp3) is 1.00. The predicted octanol–water partition coefficient (Wildman–Crippen LogP) is 3.46. The predicted molar refractivity (Wildman–Crippen MR) is 57.2 cm³/mol. The maximum atomic E-state index is 7.48. The largest absolute Gasteiger partial charge is 0.110 e. The monoisotopic (exact) mass is 210 g/mol. The molecule has 0 aromatic carbocycles. The maximum absolute atomic E-state index is 7.48. The molecule has 0 rings (SSSR count). The second-order valence-electron chi connectivity index (χ2n) is 0.703. The van der Waals surface area contributed by atoms with Gasteiger partial charge < -0.3 is 0 Å². The lowest BCUT2D eigenvalue weighted by Crippen LogP contribution is -1.11. The molecule has 0 aliphatic rings. The van der Waals surface area contributed by atoms with E-state index < -0.39 is 15.8 Å². The van der Waals surface area contributed by atoms with Crippen LogP contribution in [0.2, 0.25) is 0 Å². The van der Waals surface area contributed by atoms with Crippen LogP contribution in [0.1, 0.15) is 0 Å². The zero-order chi connectivity index (χ0) is 7.28. The molecule has 44 valence electrons. The van der Waals surface area contributed by atoms with Gasteiger partial charge >= 0.3 is 0 Å². The highest BCUT2D eigenvalue weighted by atomic mass is 32.8. The van der Waals surface area contributed by atoms with E-state index in [1.807, 2.05) is 0 Å². The van der Waals surface area contributed by atoms with Crippen LogP contribution in [-0.2, 0) is 0 Å². The molecule has 0 amide bonds. The summed E-state index contributed by atoms with van der Waals surface area (Å²) in [6, 6.07) is 0. The molecule has 0 nitrogen and oxygen atoms in total. The van der Waals surface area contributed by atoms with Crippen molar-refractivity contribution in [3.63, 3.8) is 0 Å². The Kier molecular flexibility index (Phi) is 7.72. The van der Waals surface area contributed by atoms with Crippen LogP contribution in [0, 0.1) is 0 Å². The normalized spacial score (nSPS) is 27.7. The van der Waals surface area contributed by atoms with Crippen molar-refractivity contribution in [2.45, 2.75) is 0 Å². The van der Waals surface area contributed by atoms with Crippen molar-refractivity contribution < 1.29 is 0 Å². The molecule has 6 unspecified atom stereocenters. The molecule has 0 aromatic heterocycles. The van der Waals surface area contributed by atoms with Crippen molar-refractivity contribution in [1.82, 2.24) is 0 Å². The molecule has 6 heteroatoms. The third-order valence-electron chi connectivity index (χ3n) is 0.275. The third-order valence-corrected chi connectivity index (χ3v) is 16.3. The maximum Gasteiger partial charge on any atom is 0.0677 e. The van der Waals surface area contributed by atoms with Crippen molar-refractivity contribution in [1.29, 1.82) is 2.56 Å². The summed E-state index contributed by atoms with van der Waals surface area (Å²) in [5.41, 5.74) is 0. The minimum atomic E-state index is -0.604. The molecule has 0 aliphatic carbocycles. The highest BCUT2D eigenvalue weighted by Crippen LogP contribution is 2.69. The van der Waals surface area contributed by atoms with Crippen molar-refractivity contribution in [2.24, 2.45) is 0 Å². The Morgan fingerprint density at radius 2 is 2.29 bits per heavy atom. The van der Waals surface area contributed by atoms with Crippen LogP contribution in [0.25, 0.3) is 0 Å². The highest BCUT2D eigenvalue weighted by molar-refractivity contribution is 8.74. The zero-order valence-corrected chi connectivity index (χ0v) is 9.92. The van der Waals surface area contributed by atoms with Gasteiger partial charge in [0, 0.05) is 0 Å². The minimum absolute atomic E-state index is 0.482. The van der Waals surface area contributed by atoms with Crippen LogP contribution in [-0.4, -0.2) is 9.22 Å². The van der Waals surface area contributed by atoms with E-state index in [1.165, 1.54) is 0 Å². The van der Waals surface area contributed by atoms with Crippen molar-refractivity contribution >= 4 is 48.9 Å². The standard InChI is InChI=1S/CH10P6/c1-3-5-7-6-4-2/h3-7H,2H2,1H3/i4D,7D. The molecule has 0 saturated heterocycles. The van der Waals surface area contributed by atoms with Gasteiger partial charge in [-0.2, -0.15) is 0 Å². The Balaban J connectivity index is 3.15. The molecule has 0 saturated carbocycles. The van der Waals surface area contributed by atoms with E-state index in [-0.39, 0.29) is 0 Å². The molecule has 0 heterocycles. The second kappa shape index (κ2) is 8.58. The number of hydrogen-bond acceptors (Lipinski definition) is 0. The van der Waals surface area contributed by atoms with Gasteiger partial charge in [0.1, 0.15) is 0 Å². The van der Waals surface area contributed by atoms with Gasteiger partial charge in [-0.1, -0.05) is 40.0 Å². The van der Waals surface area contributed by atoms with Gasteiger partial charge in [-0.15, -0.1) is 8.93 Å². The Morgan fingerprint density at radius 1 is 1.57 bits per heavy atom. The Labute approximate surface area is 58.7 Å². The Hall–Kier alpha value is 2.58. The zero-order valence-electron chi connectivity index (χ0n) is 5.97. The lowest BCUT2D eigenvalue weighted by atomic mass is 12.0. The van der Waals surface area contributed by atoms with Crippen LogP contribution in [0.15, 0.2) is 0 Å². The molecular formula is CH10P6. The molecule has 0 bridgehead atoms. The highest BCUT2D eigenvalue weighted by Gasteiger charge is 1.78. The van der Waals surface area contributed by atoms with Gasteiger partial charge in [-0.05, 0) is 6.66 Å². The lowest BCUT2D eigenvalue weighted by Gasteiger charge is -1.92. The van der Waals surface area contributed by atoms with E-state index in [9.17, 15) is 0 Å². The number of rotatable bonds is 4. The summed E-state index contributed by atoms with van der Waals surface area (Å²) < 4.78 is 14.7. The first-order chi connectivity index (χ1) is 4.16. The Bertz CT molecular complexity index is 66.1. The van der Waals surface area contributed by atoms with Crippen LogP contribution >= 0.6 is 48.9 Å².